The number of aromatic nitrogens is 1. The lowest BCUT2D eigenvalue weighted by atomic mass is 10.1. The predicted molar refractivity (Wildman–Crippen MR) is 94.1 cm³/mol. The minimum Gasteiger partial charge on any atom is -0.403 e. The van der Waals surface area contributed by atoms with Crippen LogP contribution < -0.4 is 22.2 Å². The Morgan fingerprint density at radius 1 is 1.42 bits per heavy atom. The molecule has 0 saturated heterocycles. The topological polar surface area (TPSA) is 126 Å². The summed E-state index contributed by atoms with van der Waals surface area (Å²) < 4.78 is 0. The first kappa shape index (κ1) is 19.9. The number of anilines is 1. The SMILES string of the molecule is CC(C)C(=O)c1ccc(NC(=O)CNCCN(N)/C=C\N)c(Cl)n1. The first-order chi connectivity index (χ1) is 11.3. The quantitative estimate of drug-likeness (QED) is 0.169. The van der Waals surface area contributed by atoms with Crippen LogP contribution in [0.1, 0.15) is 24.3 Å². The molecule has 8 nitrogen and oxygen atoms in total. The summed E-state index contributed by atoms with van der Waals surface area (Å²) in [5.74, 6) is 5.02. The number of halogens is 1. The zero-order chi connectivity index (χ0) is 18.1. The van der Waals surface area contributed by atoms with Crippen LogP contribution >= 0.6 is 11.6 Å². The van der Waals surface area contributed by atoms with Crippen molar-refractivity contribution < 1.29 is 9.59 Å². The van der Waals surface area contributed by atoms with Gasteiger partial charge in [0.25, 0.3) is 0 Å². The van der Waals surface area contributed by atoms with Crippen molar-refractivity contribution in [3.63, 3.8) is 0 Å². The van der Waals surface area contributed by atoms with Crippen LogP contribution in [0.4, 0.5) is 5.69 Å². The van der Waals surface area contributed by atoms with Crippen LogP contribution in [-0.2, 0) is 4.79 Å². The molecule has 1 aromatic rings. The highest BCUT2D eigenvalue weighted by Crippen LogP contribution is 2.20. The van der Waals surface area contributed by atoms with Crippen molar-refractivity contribution >= 4 is 29.0 Å². The molecule has 1 amide bonds. The second kappa shape index (κ2) is 9.86. The first-order valence-corrected chi connectivity index (χ1v) is 7.84. The number of Topliss-reactive ketones (excluding diaryl/α,β-unsaturated/α-hetero) is 1. The van der Waals surface area contributed by atoms with E-state index in [9.17, 15) is 9.59 Å². The molecule has 0 fully saturated rings. The molecule has 0 aliphatic carbocycles. The molecule has 0 aromatic carbocycles. The van der Waals surface area contributed by atoms with Gasteiger partial charge in [0.05, 0.1) is 12.2 Å². The fourth-order valence-corrected chi connectivity index (χ4v) is 1.95. The fourth-order valence-electron chi connectivity index (χ4n) is 1.75. The Bertz CT molecular complexity index is 606. The van der Waals surface area contributed by atoms with Gasteiger partial charge >= 0.3 is 0 Å². The third kappa shape index (κ3) is 6.53. The van der Waals surface area contributed by atoms with E-state index in [1.165, 1.54) is 17.4 Å². The average Bonchev–Trinajstić information content (AvgIpc) is 2.53. The van der Waals surface area contributed by atoms with E-state index >= 15 is 0 Å². The molecule has 1 heterocycles. The predicted octanol–water partition coefficient (Wildman–Crippen LogP) is 0.707. The standard InChI is InChI=1S/C15H23ClN6O2/c1-10(2)14(24)11-3-4-12(15(16)21-11)20-13(23)9-19-6-8-22(18)7-5-17/h3-5,7,10,19H,6,8-9,17-18H2,1-2H3,(H,20,23)/b7-5-. The molecule has 24 heavy (non-hydrogen) atoms. The molecule has 0 atom stereocenters. The van der Waals surface area contributed by atoms with Gasteiger partial charge in [-0.25, -0.2) is 10.8 Å². The van der Waals surface area contributed by atoms with Gasteiger partial charge in [-0.05, 0) is 12.1 Å². The molecule has 132 valence electrons. The molecule has 0 saturated carbocycles. The molecule has 0 unspecified atom stereocenters. The number of pyridine rings is 1. The average molecular weight is 355 g/mol. The lowest BCUT2D eigenvalue weighted by molar-refractivity contribution is -0.115. The number of nitrogens with zero attached hydrogens (tertiary/aromatic N) is 2. The van der Waals surface area contributed by atoms with E-state index < -0.39 is 0 Å². The fraction of sp³-hybridized carbons (Fsp3) is 0.400. The minimum absolute atomic E-state index is 0.0797. The number of amides is 1. The molecule has 0 radical (unpaired) electrons. The summed E-state index contributed by atoms with van der Waals surface area (Å²) >= 11 is 6.02. The monoisotopic (exact) mass is 354 g/mol. The van der Waals surface area contributed by atoms with Gasteiger partial charge in [-0.15, -0.1) is 0 Å². The summed E-state index contributed by atoms with van der Waals surface area (Å²) in [7, 11) is 0. The number of nitrogens with two attached hydrogens (primary N) is 2. The van der Waals surface area contributed by atoms with E-state index in [4.69, 9.17) is 23.2 Å². The molecule has 1 rings (SSSR count). The number of hydrogen-bond acceptors (Lipinski definition) is 7. The minimum atomic E-state index is -0.278. The number of ketones is 1. The summed E-state index contributed by atoms with van der Waals surface area (Å²) in [6.07, 6.45) is 2.85. The molecule has 0 bridgehead atoms. The van der Waals surface area contributed by atoms with E-state index in [2.05, 4.69) is 15.6 Å². The van der Waals surface area contributed by atoms with Gasteiger partial charge in [0.1, 0.15) is 5.69 Å². The Hall–Kier alpha value is -2.16. The van der Waals surface area contributed by atoms with Crippen molar-refractivity contribution in [1.82, 2.24) is 15.3 Å². The summed E-state index contributed by atoms with van der Waals surface area (Å²) in [4.78, 5) is 27.7. The Balaban J connectivity index is 2.48. The number of hydrogen-bond donors (Lipinski definition) is 4. The van der Waals surface area contributed by atoms with Crippen molar-refractivity contribution in [3.8, 4) is 0 Å². The van der Waals surface area contributed by atoms with Crippen molar-refractivity contribution in [1.29, 1.82) is 0 Å². The van der Waals surface area contributed by atoms with Gasteiger partial charge in [0.2, 0.25) is 5.91 Å². The maximum Gasteiger partial charge on any atom is 0.238 e. The van der Waals surface area contributed by atoms with E-state index in [1.807, 2.05) is 0 Å². The molecule has 0 aliphatic rings. The zero-order valence-corrected chi connectivity index (χ0v) is 14.5. The zero-order valence-electron chi connectivity index (χ0n) is 13.8. The maximum atomic E-state index is 11.9. The van der Waals surface area contributed by atoms with Gasteiger partial charge in [-0.1, -0.05) is 25.4 Å². The summed E-state index contributed by atoms with van der Waals surface area (Å²) in [5, 5.41) is 7.04. The molecular formula is C15H23ClN6O2. The Kier molecular flexibility index (Phi) is 8.17. The lowest BCUT2D eigenvalue weighted by Gasteiger charge is -2.13. The van der Waals surface area contributed by atoms with Crippen molar-refractivity contribution in [2.45, 2.75) is 13.8 Å². The van der Waals surface area contributed by atoms with E-state index in [1.54, 1.807) is 26.0 Å². The second-order valence-electron chi connectivity index (χ2n) is 5.36. The maximum absolute atomic E-state index is 11.9. The highest BCUT2D eigenvalue weighted by atomic mass is 35.5. The van der Waals surface area contributed by atoms with E-state index in [0.717, 1.165) is 0 Å². The third-order valence-corrected chi connectivity index (χ3v) is 3.30. The molecule has 6 N–H and O–H groups in total. The van der Waals surface area contributed by atoms with Gasteiger partial charge in [-0.3, -0.25) is 9.59 Å². The highest BCUT2D eigenvalue weighted by molar-refractivity contribution is 6.32. The number of hydrazine groups is 1. The second-order valence-corrected chi connectivity index (χ2v) is 5.72. The van der Waals surface area contributed by atoms with Gasteiger partial charge in [-0.2, -0.15) is 0 Å². The molecule has 0 aliphatic heterocycles. The van der Waals surface area contributed by atoms with Gasteiger partial charge < -0.3 is 21.4 Å². The van der Waals surface area contributed by atoms with Crippen LogP contribution in [0.25, 0.3) is 0 Å². The van der Waals surface area contributed by atoms with Crippen LogP contribution in [0, 0.1) is 5.92 Å². The highest BCUT2D eigenvalue weighted by Gasteiger charge is 2.14. The number of carbonyl (C=O) groups is 2. The molecule has 9 heteroatoms. The lowest BCUT2D eigenvalue weighted by Crippen LogP contribution is -2.36. The number of carbonyl (C=O) groups excluding carboxylic acids is 2. The Morgan fingerprint density at radius 3 is 2.71 bits per heavy atom. The van der Waals surface area contributed by atoms with Crippen LogP contribution in [0.15, 0.2) is 24.5 Å². The van der Waals surface area contributed by atoms with E-state index in [0.29, 0.717) is 18.8 Å². The largest absolute Gasteiger partial charge is 0.403 e. The Morgan fingerprint density at radius 2 is 2.12 bits per heavy atom. The third-order valence-electron chi connectivity index (χ3n) is 3.01. The molecule has 0 spiro atoms. The Labute approximate surface area is 146 Å². The summed E-state index contributed by atoms with van der Waals surface area (Å²) in [6.45, 7) is 4.65. The van der Waals surface area contributed by atoms with Crippen LogP contribution in [0.5, 0.6) is 0 Å². The summed E-state index contributed by atoms with van der Waals surface area (Å²) in [6, 6.07) is 3.11. The van der Waals surface area contributed by atoms with Gasteiger partial charge in [0.15, 0.2) is 10.9 Å². The molecule has 1 aromatic heterocycles. The van der Waals surface area contributed by atoms with E-state index in [-0.39, 0.29) is 35.0 Å². The first-order valence-electron chi connectivity index (χ1n) is 7.46. The smallest absolute Gasteiger partial charge is 0.238 e. The van der Waals surface area contributed by atoms with Crippen molar-refractivity contribution in [2.75, 3.05) is 25.0 Å². The molecular weight excluding hydrogens is 332 g/mol. The van der Waals surface area contributed by atoms with Crippen LogP contribution in [0.3, 0.4) is 0 Å². The number of rotatable bonds is 9. The van der Waals surface area contributed by atoms with Crippen molar-refractivity contribution in [2.24, 2.45) is 17.5 Å². The van der Waals surface area contributed by atoms with Crippen LogP contribution in [0.2, 0.25) is 5.15 Å². The van der Waals surface area contributed by atoms with Crippen LogP contribution in [-0.4, -0.2) is 41.3 Å². The normalized spacial score (nSPS) is 11.0. The number of nitrogens with one attached hydrogen (secondary N) is 2. The van der Waals surface area contributed by atoms with Gasteiger partial charge in [0, 0.05) is 31.4 Å². The van der Waals surface area contributed by atoms with Crippen molar-refractivity contribution in [3.05, 3.63) is 35.4 Å². The summed E-state index contributed by atoms with van der Waals surface area (Å²) in [5.41, 5.74) is 5.84.